The summed E-state index contributed by atoms with van der Waals surface area (Å²) < 4.78 is 20.2. The Kier molecular flexibility index (Phi) is 4.30. The van der Waals surface area contributed by atoms with Crippen LogP contribution in [0.15, 0.2) is 47.4 Å². The summed E-state index contributed by atoms with van der Waals surface area (Å²) >= 11 is 0. The van der Waals surface area contributed by atoms with Crippen molar-refractivity contribution in [1.82, 2.24) is 4.57 Å². The van der Waals surface area contributed by atoms with Crippen molar-refractivity contribution in [3.63, 3.8) is 0 Å². The highest BCUT2D eigenvalue weighted by molar-refractivity contribution is 5.29. The number of nitrogens with zero attached hydrogens (tertiary/aromatic N) is 1. The molecule has 1 aromatic carbocycles. The number of hydrogen-bond donors (Lipinski definition) is 1. The molecule has 100 valence electrons. The molecule has 0 atom stereocenters. The number of nitrogens with two attached hydrogens (primary N) is 1. The van der Waals surface area contributed by atoms with Crippen LogP contribution >= 0.6 is 0 Å². The molecule has 0 fully saturated rings. The van der Waals surface area contributed by atoms with Crippen LogP contribution in [0.4, 0.5) is 4.39 Å². The first-order valence-electron chi connectivity index (χ1n) is 5.97. The minimum atomic E-state index is -0.380. The first-order valence-corrected chi connectivity index (χ1v) is 5.97. The van der Waals surface area contributed by atoms with Crippen molar-refractivity contribution in [3.05, 3.63) is 64.3 Å². The van der Waals surface area contributed by atoms with Crippen molar-refractivity contribution in [2.75, 3.05) is 6.61 Å². The Hall–Kier alpha value is -2.14. The maximum Gasteiger partial charge on any atom is 0.250 e. The number of pyridine rings is 1. The second-order valence-corrected chi connectivity index (χ2v) is 4.08. The summed E-state index contributed by atoms with van der Waals surface area (Å²) in [6, 6.07) is 9.29. The molecule has 19 heavy (non-hydrogen) atoms. The molecule has 0 unspecified atom stereocenters. The van der Waals surface area contributed by atoms with Crippen molar-refractivity contribution < 1.29 is 9.13 Å². The maximum absolute atomic E-state index is 13.2. The van der Waals surface area contributed by atoms with E-state index in [0.717, 1.165) is 0 Å². The quantitative estimate of drug-likeness (QED) is 0.889. The fraction of sp³-hybridized carbons (Fsp3) is 0.214. The van der Waals surface area contributed by atoms with Gasteiger partial charge in [-0.2, -0.15) is 0 Å². The fourth-order valence-corrected chi connectivity index (χ4v) is 1.73. The zero-order chi connectivity index (χ0) is 13.7. The maximum atomic E-state index is 13.2. The van der Waals surface area contributed by atoms with Gasteiger partial charge < -0.3 is 15.0 Å². The molecule has 0 bridgehead atoms. The molecule has 0 saturated heterocycles. The molecule has 0 aliphatic rings. The number of ether oxygens (including phenoxy) is 1. The molecular formula is C14H15FN2O2. The third-order valence-electron chi connectivity index (χ3n) is 2.67. The van der Waals surface area contributed by atoms with E-state index in [1.54, 1.807) is 24.4 Å². The van der Waals surface area contributed by atoms with Gasteiger partial charge in [-0.05, 0) is 23.8 Å². The second kappa shape index (κ2) is 6.15. The summed E-state index contributed by atoms with van der Waals surface area (Å²) in [6.07, 6.45) is 1.68. The largest absolute Gasteiger partial charge is 0.492 e. The van der Waals surface area contributed by atoms with Crippen LogP contribution in [-0.2, 0) is 13.1 Å². The summed E-state index contributed by atoms with van der Waals surface area (Å²) in [7, 11) is 0. The first kappa shape index (κ1) is 13.3. The molecule has 5 heteroatoms. The van der Waals surface area contributed by atoms with E-state index in [1.165, 1.54) is 22.8 Å². The Morgan fingerprint density at radius 3 is 2.84 bits per heavy atom. The van der Waals surface area contributed by atoms with Gasteiger partial charge >= 0.3 is 0 Å². The number of hydrogen-bond acceptors (Lipinski definition) is 3. The Balaban J connectivity index is 1.98. The summed E-state index contributed by atoms with van der Waals surface area (Å²) in [5.74, 6) is 0.0410. The van der Waals surface area contributed by atoms with E-state index in [1.807, 2.05) is 0 Å². The van der Waals surface area contributed by atoms with Gasteiger partial charge in [-0.3, -0.25) is 4.79 Å². The summed E-state index contributed by atoms with van der Waals surface area (Å²) in [6.45, 7) is 0.956. The Morgan fingerprint density at radius 2 is 2.11 bits per heavy atom. The Morgan fingerprint density at radius 1 is 1.26 bits per heavy atom. The fourth-order valence-electron chi connectivity index (χ4n) is 1.73. The first-order chi connectivity index (χ1) is 9.19. The van der Waals surface area contributed by atoms with Crippen molar-refractivity contribution in [2.45, 2.75) is 13.1 Å². The molecule has 0 amide bonds. The van der Waals surface area contributed by atoms with E-state index in [0.29, 0.717) is 17.9 Å². The number of halogens is 1. The molecule has 0 radical (unpaired) electrons. The molecule has 1 aromatic heterocycles. The summed E-state index contributed by atoms with van der Waals surface area (Å²) in [5.41, 5.74) is 6.04. The molecule has 2 aromatic rings. The van der Waals surface area contributed by atoms with Gasteiger partial charge in [-0.25, -0.2) is 4.39 Å². The van der Waals surface area contributed by atoms with Crippen LogP contribution in [0.3, 0.4) is 0 Å². The third kappa shape index (κ3) is 3.66. The average Bonchev–Trinajstić information content (AvgIpc) is 2.40. The highest BCUT2D eigenvalue weighted by Gasteiger charge is 2.01. The van der Waals surface area contributed by atoms with E-state index in [2.05, 4.69) is 0 Å². The average molecular weight is 262 g/mol. The zero-order valence-electron chi connectivity index (χ0n) is 10.4. The molecule has 0 aliphatic heterocycles. The predicted molar refractivity (Wildman–Crippen MR) is 70.5 cm³/mol. The lowest BCUT2D eigenvalue weighted by atomic mass is 10.2. The minimum absolute atomic E-state index is 0.0898. The van der Waals surface area contributed by atoms with E-state index in [4.69, 9.17) is 10.5 Å². The van der Waals surface area contributed by atoms with Crippen molar-refractivity contribution in [3.8, 4) is 5.75 Å². The van der Waals surface area contributed by atoms with Crippen molar-refractivity contribution in [2.24, 2.45) is 5.73 Å². The van der Waals surface area contributed by atoms with Gasteiger partial charge in [0.05, 0.1) is 6.54 Å². The molecule has 4 nitrogen and oxygen atoms in total. The molecule has 1 heterocycles. The lowest BCUT2D eigenvalue weighted by molar-refractivity contribution is 0.294. The van der Waals surface area contributed by atoms with E-state index < -0.39 is 0 Å². The standard InChI is InChI=1S/C14H15FN2O2/c15-12-7-11(10-16)8-13(9-12)19-6-5-17-4-2-1-3-14(17)18/h1-4,7-9H,5-6,10,16H2. The lowest BCUT2D eigenvalue weighted by Gasteiger charge is -2.09. The van der Waals surface area contributed by atoms with Gasteiger partial charge in [0, 0.05) is 24.9 Å². The molecular weight excluding hydrogens is 247 g/mol. The third-order valence-corrected chi connectivity index (χ3v) is 2.67. The highest BCUT2D eigenvalue weighted by Crippen LogP contribution is 2.16. The molecule has 0 saturated carbocycles. The van der Waals surface area contributed by atoms with E-state index in [-0.39, 0.29) is 24.5 Å². The van der Waals surface area contributed by atoms with Crippen LogP contribution in [-0.4, -0.2) is 11.2 Å². The molecule has 0 spiro atoms. The molecule has 0 aliphatic carbocycles. The Labute approximate surface area is 110 Å². The van der Waals surface area contributed by atoms with Gasteiger partial charge in [-0.1, -0.05) is 6.07 Å². The van der Waals surface area contributed by atoms with Crippen molar-refractivity contribution >= 4 is 0 Å². The minimum Gasteiger partial charge on any atom is -0.492 e. The van der Waals surface area contributed by atoms with Crippen LogP contribution in [0.1, 0.15) is 5.56 Å². The van der Waals surface area contributed by atoms with Crippen LogP contribution < -0.4 is 16.0 Å². The normalized spacial score (nSPS) is 10.4. The van der Waals surface area contributed by atoms with Crippen LogP contribution in [0.25, 0.3) is 0 Å². The van der Waals surface area contributed by atoms with Crippen LogP contribution in [0.2, 0.25) is 0 Å². The second-order valence-electron chi connectivity index (χ2n) is 4.08. The van der Waals surface area contributed by atoms with Gasteiger partial charge in [0.1, 0.15) is 18.2 Å². The lowest BCUT2D eigenvalue weighted by Crippen LogP contribution is -2.21. The smallest absolute Gasteiger partial charge is 0.250 e. The molecule has 2 N–H and O–H groups in total. The van der Waals surface area contributed by atoms with Gasteiger partial charge in [0.2, 0.25) is 0 Å². The van der Waals surface area contributed by atoms with Gasteiger partial charge in [-0.15, -0.1) is 0 Å². The Bertz CT molecular complexity index is 610. The SMILES string of the molecule is NCc1cc(F)cc(OCCn2ccccc2=O)c1. The predicted octanol–water partition coefficient (Wildman–Crippen LogP) is 1.53. The summed E-state index contributed by atoms with van der Waals surface area (Å²) in [4.78, 5) is 11.4. The number of aromatic nitrogens is 1. The van der Waals surface area contributed by atoms with E-state index in [9.17, 15) is 9.18 Å². The van der Waals surface area contributed by atoms with Crippen LogP contribution in [0.5, 0.6) is 5.75 Å². The van der Waals surface area contributed by atoms with Gasteiger partial charge in [0.15, 0.2) is 0 Å². The van der Waals surface area contributed by atoms with Crippen molar-refractivity contribution in [1.29, 1.82) is 0 Å². The zero-order valence-corrected chi connectivity index (χ0v) is 10.4. The van der Waals surface area contributed by atoms with Crippen LogP contribution in [0, 0.1) is 5.82 Å². The number of benzene rings is 1. The summed E-state index contributed by atoms with van der Waals surface area (Å²) in [5, 5.41) is 0. The monoisotopic (exact) mass is 262 g/mol. The topological polar surface area (TPSA) is 57.2 Å². The number of rotatable bonds is 5. The van der Waals surface area contributed by atoms with Gasteiger partial charge in [0.25, 0.3) is 5.56 Å². The highest BCUT2D eigenvalue weighted by atomic mass is 19.1. The van der Waals surface area contributed by atoms with E-state index >= 15 is 0 Å². The molecule has 2 rings (SSSR count).